The minimum atomic E-state index is -2.66. The normalized spacial score (nSPS) is 25.6. The van der Waals surface area contributed by atoms with Crippen LogP contribution in [0, 0.1) is 17.6 Å². The molecule has 1 aliphatic carbocycles. The van der Waals surface area contributed by atoms with Gasteiger partial charge in [0.2, 0.25) is 5.88 Å². The lowest BCUT2D eigenvalue weighted by molar-refractivity contribution is 0.123. The number of ether oxygens (including phenoxy) is 1. The summed E-state index contributed by atoms with van der Waals surface area (Å²) >= 11 is 0.817. The van der Waals surface area contributed by atoms with Crippen molar-refractivity contribution >= 4 is 28.0 Å². The Bertz CT molecular complexity index is 1350. The molecule has 1 aliphatic heterocycles. The van der Waals surface area contributed by atoms with Gasteiger partial charge < -0.3 is 10.5 Å². The quantitative estimate of drug-likeness (QED) is 0.476. The first-order valence-electron chi connectivity index (χ1n) is 11.1. The number of aromatic nitrogens is 3. The van der Waals surface area contributed by atoms with E-state index in [9.17, 15) is 13.2 Å². The van der Waals surface area contributed by atoms with E-state index in [0.717, 1.165) is 17.8 Å². The van der Waals surface area contributed by atoms with Gasteiger partial charge in [0.05, 0.1) is 33.8 Å². The number of hydrogen-bond donors (Lipinski definition) is 1. The van der Waals surface area contributed by atoms with Crippen LogP contribution in [-0.4, -0.2) is 37.4 Å². The van der Waals surface area contributed by atoms with Gasteiger partial charge in [0.1, 0.15) is 5.52 Å². The highest BCUT2D eigenvalue weighted by molar-refractivity contribution is 8.15. The number of halogens is 4. The molecule has 1 saturated carbocycles. The molecule has 3 aromatic rings. The maximum Gasteiger partial charge on any atom is 0.253 e. The second-order valence-electron chi connectivity index (χ2n) is 9.33. The average molecular weight is 506 g/mol. The van der Waals surface area contributed by atoms with Gasteiger partial charge in [-0.05, 0) is 51.0 Å². The predicted molar refractivity (Wildman–Crippen MR) is 126 cm³/mol. The molecule has 0 spiro atoms. The Morgan fingerprint density at radius 2 is 2.00 bits per heavy atom. The number of nitrogens with zero attached hydrogens (tertiary/aromatic N) is 4. The van der Waals surface area contributed by atoms with Crippen molar-refractivity contribution in [3.63, 3.8) is 0 Å². The Balaban J connectivity index is 1.54. The van der Waals surface area contributed by atoms with Gasteiger partial charge in [0, 0.05) is 24.1 Å². The molecule has 0 saturated heterocycles. The molecule has 2 N–H and O–H groups in total. The molecule has 0 unspecified atom stereocenters. The van der Waals surface area contributed by atoms with E-state index in [0.29, 0.717) is 28.2 Å². The molecule has 3 heterocycles. The maximum atomic E-state index is 15.1. The first kappa shape index (κ1) is 23.8. The predicted octanol–water partition coefficient (Wildman–Crippen LogP) is 4.98. The number of benzene rings is 1. The zero-order chi connectivity index (χ0) is 25.1. The number of rotatable bonds is 6. The van der Waals surface area contributed by atoms with Crippen molar-refractivity contribution in [2.45, 2.75) is 56.4 Å². The lowest BCUT2D eigenvalue weighted by Gasteiger charge is -2.34. The maximum absolute atomic E-state index is 15.1. The second-order valence-corrected chi connectivity index (χ2v) is 10.7. The SMILES string of the molecule is CC(C)Oc1cnc2c(Cc3cc(F)c(F)c([C@@]4(C)N=C(N)S[C@@]5(C(F)F)C[C@@H]45)c3)nccc2n1. The number of aliphatic imine (C=N–C) groups is 1. The van der Waals surface area contributed by atoms with Gasteiger partial charge in [-0.3, -0.25) is 9.98 Å². The number of alkyl halides is 2. The van der Waals surface area contributed by atoms with E-state index in [-0.39, 0.29) is 29.7 Å². The summed E-state index contributed by atoms with van der Waals surface area (Å²) in [5, 5.41) is -0.0582. The third-order valence-corrected chi connectivity index (χ3v) is 7.82. The van der Waals surface area contributed by atoms with Gasteiger partial charge in [-0.2, -0.15) is 0 Å². The minimum absolute atomic E-state index is 0.0582. The average Bonchev–Trinajstić information content (AvgIpc) is 3.52. The molecular formula is C24H23F4N5OS. The Hall–Kier alpha value is -2.95. The molecule has 11 heteroatoms. The monoisotopic (exact) mass is 505 g/mol. The number of pyridine rings is 1. The van der Waals surface area contributed by atoms with Crippen LogP contribution in [0.5, 0.6) is 5.88 Å². The van der Waals surface area contributed by atoms with Crippen LogP contribution in [0.2, 0.25) is 0 Å². The highest BCUT2D eigenvalue weighted by atomic mass is 32.2. The summed E-state index contributed by atoms with van der Waals surface area (Å²) in [4.78, 5) is 17.5. The van der Waals surface area contributed by atoms with Crippen molar-refractivity contribution in [1.82, 2.24) is 15.0 Å². The van der Waals surface area contributed by atoms with Crippen LogP contribution in [0.4, 0.5) is 17.6 Å². The van der Waals surface area contributed by atoms with Crippen molar-refractivity contribution < 1.29 is 22.3 Å². The van der Waals surface area contributed by atoms with E-state index in [1.54, 1.807) is 12.3 Å². The van der Waals surface area contributed by atoms with Crippen molar-refractivity contribution in [3.8, 4) is 5.88 Å². The smallest absolute Gasteiger partial charge is 0.253 e. The number of hydrogen-bond acceptors (Lipinski definition) is 7. The summed E-state index contributed by atoms with van der Waals surface area (Å²) in [5.74, 6) is -2.51. The highest BCUT2D eigenvalue weighted by Gasteiger charge is 2.71. The fraction of sp³-hybridized carbons (Fsp3) is 0.417. The van der Waals surface area contributed by atoms with E-state index in [1.807, 2.05) is 13.8 Å². The molecule has 3 atom stereocenters. The molecule has 1 fully saturated rings. The lowest BCUT2D eigenvalue weighted by Crippen LogP contribution is -2.39. The zero-order valence-electron chi connectivity index (χ0n) is 19.2. The van der Waals surface area contributed by atoms with Gasteiger partial charge >= 0.3 is 0 Å². The number of nitrogens with two attached hydrogens (primary N) is 1. The van der Waals surface area contributed by atoms with Gasteiger partial charge in [-0.1, -0.05) is 11.8 Å². The summed E-state index contributed by atoms with van der Waals surface area (Å²) in [6.45, 7) is 5.29. The molecule has 5 rings (SSSR count). The van der Waals surface area contributed by atoms with E-state index in [4.69, 9.17) is 10.5 Å². The molecule has 184 valence electrons. The van der Waals surface area contributed by atoms with Crippen molar-refractivity contribution in [3.05, 3.63) is 59.0 Å². The Morgan fingerprint density at radius 3 is 2.71 bits per heavy atom. The van der Waals surface area contributed by atoms with Crippen LogP contribution >= 0.6 is 11.8 Å². The summed E-state index contributed by atoms with van der Waals surface area (Å²) in [6.07, 6.45) is 0.537. The van der Waals surface area contributed by atoms with Gasteiger partial charge in [-0.15, -0.1) is 0 Å². The molecule has 2 aliphatic rings. The largest absolute Gasteiger partial charge is 0.474 e. The van der Waals surface area contributed by atoms with Crippen LogP contribution in [0.3, 0.4) is 0 Å². The molecule has 0 amide bonds. The molecule has 35 heavy (non-hydrogen) atoms. The number of amidine groups is 1. The van der Waals surface area contributed by atoms with Crippen molar-refractivity contribution in [2.75, 3.05) is 0 Å². The van der Waals surface area contributed by atoms with E-state index in [1.165, 1.54) is 19.2 Å². The second kappa shape index (κ2) is 8.32. The molecule has 0 bridgehead atoms. The number of thioether (sulfide) groups is 1. The van der Waals surface area contributed by atoms with Crippen molar-refractivity contribution in [2.24, 2.45) is 16.6 Å². The first-order chi connectivity index (χ1) is 16.5. The minimum Gasteiger partial charge on any atom is -0.474 e. The lowest BCUT2D eigenvalue weighted by atomic mass is 9.84. The summed E-state index contributed by atoms with van der Waals surface area (Å²) in [5.41, 5.74) is 6.31. The topological polar surface area (TPSA) is 86.3 Å². The third kappa shape index (κ3) is 3.99. The summed E-state index contributed by atoms with van der Waals surface area (Å²) in [7, 11) is 0. The van der Waals surface area contributed by atoms with E-state index >= 15 is 4.39 Å². The van der Waals surface area contributed by atoms with Crippen LogP contribution in [-0.2, 0) is 12.0 Å². The van der Waals surface area contributed by atoms with Crippen LogP contribution in [0.1, 0.15) is 44.0 Å². The standard InChI is InChI=1S/C24H23F4N5OS/c1-11(2)34-18-10-31-20-15(32-18)4-5-30-16(20)8-12-6-13(19(26)14(25)7-12)23(3)17-9-24(17,21(27)28)35-22(29)33-23/h4-7,10-11,17,21H,8-9H2,1-3H3,(H2,29,33)/t17-,23+,24-/m0/s1. The Kier molecular flexibility index (Phi) is 5.65. The molecular weight excluding hydrogens is 482 g/mol. The van der Waals surface area contributed by atoms with Crippen molar-refractivity contribution in [1.29, 1.82) is 0 Å². The van der Waals surface area contributed by atoms with E-state index < -0.39 is 34.3 Å². The molecule has 0 radical (unpaired) electrons. The Labute approximate surface area is 203 Å². The molecule has 6 nitrogen and oxygen atoms in total. The van der Waals surface area contributed by atoms with Crippen LogP contribution in [0.25, 0.3) is 11.0 Å². The molecule has 1 aromatic carbocycles. The molecule has 2 aromatic heterocycles. The highest BCUT2D eigenvalue weighted by Crippen LogP contribution is 2.68. The summed E-state index contributed by atoms with van der Waals surface area (Å²) < 4.78 is 61.7. The fourth-order valence-corrected chi connectivity index (χ4v) is 6.16. The van der Waals surface area contributed by atoms with Gasteiger partial charge in [0.25, 0.3) is 6.43 Å². The first-order valence-corrected chi connectivity index (χ1v) is 11.9. The number of fused-ring (bicyclic) bond motifs is 2. The Morgan fingerprint density at radius 1 is 1.23 bits per heavy atom. The van der Waals surface area contributed by atoms with Crippen LogP contribution in [0.15, 0.2) is 35.6 Å². The van der Waals surface area contributed by atoms with Gasteiger partial charge in [0.15, 0.2) is 16.8 Å². The fourth-order valence-electron chi connectivity index (χ4n) is 4.83. The van der Waals surface area contributed by atoms with Gasteiger partial charge in [-0.25, -0.2) is 27.5 Å². The zero-order valence-corrected chi connectivity index (χ0v) is 20.0. The van der Waals surface area contributed by atoms with E-state index in [2.05, 4.69) is 19.9 Å². The summed E-state index contributed by atoms with van der Waals surface area (Å²) in [6, 6.07) is 4.22. The third-order valence-electron chi connectivity index (χ3n) is 6.51. The van der Waals surface area contributed by atoms with Crippen LogP contribution < -0.4 is 10.5 Å².